The first-order valence-corrected chi connectivity index (χ1v) is 12.4. The van der Waals surface area contributed by atoms with Crippen LogP contribution in [0.4, 0.5) is 5.82 Å². The molecule has 0 unspecified atom stereocenters. The zero-order chi connectivity index (χ0) is 22.4. The number of pyridine rings is 1. The van der Waals surface area contributed by atoms with Crippen LogP contribution in [0.15, 0.2) is 47.4 Å². The number of nitrogens with zero attached hydrogens (tertiary/aromatic N) is 4. The van der Waals surface area contributed by atoms with E-state index in [4.69, 9.17) is 11.6 Å². The Hall–Kier alpha value is -2.16. The van der Waals surface area contributed by atoms with Gasteiger partial charge in [0.25, 0.3) is 0 Å². The van der Waals surface area contributed by atoms with Gasteiger partial charge in [-0.2, -0.15) is 4.31 Å². The van der Waals surface area contributed by atoms with Crippen molar-refractivity contribution in [1.82, 2.24) is 14.2 Å². The van der Waals surface area contributed by atoms with Gasteiger partial charge in [0.1, 0.15) is 11.0 Å². The number of carbonyl (C=O) groups excluding carboxylic acids is 1. The van der Waals surface area contributed by atoms with E-state index in [9.17, 15) is 13.2 Å². The molecule has 1 aromatic carbocycles. The number of hydrogen-bond acceptors (Lipinski definition) is 5. The Morgan fingerprint density at radius 1 is 1.03 bits per heavy atom. The molecule has 31 heavy (non-hydrogen) atoms. The Bertz CT molecular complexity index is 986. The van der Waals surface area contributed by atoms with Gasteiger partial charge in [0.15, 0.2) is 0 Å². The number of anilines is 1. The third-order valence-electron chi connectivity index (χ3n) is 5.55. The lowest BCUT2D eigenvalue weighted by Crippen LogP contribution is -2.49. The van der Waals surface area contributed by atoms with Crippen molar-refractivity contribution >= 4 is 33.3 Å². The maximum Gasteiger partial charge on any atom is 0.243 e. The molecule has 0 spiro atoms. The summed E-state index contributed by atoms with van der Waals surface area (Å²) in [7, 11) is -3.46. The molecule has 1 amide bonds. The van der Waals surface area contributed by atoms with E-state index in [0.717, 1.165) is 24.5 Å². The van der Waals surface area contributed by atoms with Crippen molar-refractivity contribution in [3.63, 3.8) is 0 Å². The second-order valence-electron chi connectivity index (χ2n) is 7.42. The summed E-state index contributed by atoms with van der Waals surface area (Å²) >= 11 is 5.97. The maximum absolute atomic E-state index is 12.6. The molecule has 0 aliphatic carbocycles. The van der Waals surface area contributed by atoms with Crippen LogP contribution in [0.3, 0.4) is 0 Å². The number of aromatic nitrogens is 1. The quantitative estimate of drug-likeness (QED) is 0.561. The lowest BCUT2D eigenvalue weighted by molar-refractivity contribution is -0.131. The van der Waals surface area contributed by atoms with Gasteiger partial charge in [-0.05, 0) is 36.2 Å². The van der Waals surface area contributed by atoms with Crippen LogP contribution in [0.5, 0.6) is 0 Å². The predicted octanol–water partition coefficient (Wildman–Crippen LogP) is 3.05. The first-order chi connectivity index (χ1) is 14.8. The van der Waals surface area contributed by atoms with Gasteiger partial charge in [0.05, 0.1) is 4.90 Å². The number of piperazine rings is 1. The summed E-state index contributed by atoms with van der Waals surface area (Å²) in [5.41, 5.74) is 0.952. The average molecular weight is 465 g/mol. The van der Waals surface area contributed by atoms with Gasteiger partial charge in [-0.25, -0.2) is 13.4 Å². The third-order valence-corrected chi connectivity index (χ3v) is 7.83. The Morgan fingerprint density at radius 2 is 1.68 bits per heavy atom. The van der Waals surface area contributed by atoms with Gasteiger partial charge >= 0.3 is 0 Å². The number of hydrogen-bond donors (Lipinski definition) is 0. The maximum atomic E-state index is 12.6. The lowest BCUT2D eigenvalue weighted by Gasteiger charge is -2.35. The minimum Gasteiger partial charge on any atom is -0.353 e. The molecule has 1 aliphatic heterocycles. The van der Waals surface area contributed by atoms with Crippen molar-refractivity contribution in [2.24, 2.45) is 0 Å². The molecule has 2 heterocycles. The average Bonchev–Trinajstić information content (AvgIpc) is 2.78. The van der Waals surface area contributed by atoms with E-state index in [1.165, 1.54) is 4.31 Å². The van der Waals surface area contributed by atoms with E-state index in [2.05, 4.69) is 9.88 Å². The van der Waals surface area contributed by atoms with Crippen LogP contribution < -0.4 is 4.90 Å². The highest BCUT2D eigenvalue weighted by Gasteiger charge is 2.23. The topological polar surface area (TPSA) is 73.8 Å². The lowest BCUT2D eigenvalue weighted by atomic mass is 10.1. The van der Waals surface area contributed by atoms with Crippen molar-refractivity contribution in [2.75, 3.05) is 44.2 Å². The van der Waals surface area contributed by atoms with E-state index in [-0.39, 0.29) is 10.8 Å². The second-order valence-corrected chi connectivity index (χ2v) is 9.74. The number of carbonyl (C=O) groups is 1. The Labute approximate surface area is 189 Å². The molecule has 1 aliphatic rings. The molecule has 0 saturated carbocycles. The molecule has 0 bridgehead atoms. The molecule has 2 aromatic rings. The minimum atomic E-state index is -3.46. The fourth-order valence-corrected chi connectivity index (χ4v) is 5.33. The van der Waals surface area contributed by atoms with Crippen molar-refractivity contribution in [3.05, 3.63) is 53.2 Å². The zero-order valence-electron chi connectivity index (χ0n) is 18.0. The SMILES string of the molecule is CCN(CC)S(=O)(=O)c1ccc(CCC(=O)N2CCN(c3cccc(Cl)n3)CC2)cc1. The molecule has 1 aromatic heterocycles. The Balaban J connectivity index is 1.51. The number of aryl methyl sites for hydroxylation is 1. The Morgan fingerprint density at radius 3 is 2.26 bits per heavy atom. The molecule has 0 radical (unpaired) electrons. The van der Waals surface area contributed by atoms with Gasteiger partial charge in [0.2, 0.25) is 15.9 Å². The molecular weight excluding hydrogens is 436 g/mol. The van der Waals surface area contributed by atoms with E-state index in [0.29, 0.717) is 44.2 Å². The standard InChI is InChI=1S/C22H29ClN4O3S/c1-3-27(4-2)31(29,30)19-11-8-18(9-12-19)10-13-22(28)26-16-14-25(15-17-26)21-7-5-6-20(23)24-21/h5-9,11-12H,3-4,10,13-17H2,1-2H3. The van der Waals surface area contributed by atoms with Crippen molar-refractivity contribution < 1.29 is 13.2 Å². The molecule has 168 valence electrons. The van der Waals surface area contributed by atoms with E-state index in [1.54, 1.807) is 30.3 Å². The van der Waals surface area contributed by atoms with Crippen LogP contribution in [0.25, 0.3) is 0 Å². The first-order valence-electron chi connectivity index (χ1n) is 10.6. The zero-order valence-corrected chi connectivity index (χ0v) is 19.6. The van der Waals surface area contributed by atoms with Gasteiger partial charge < -0.3 is 9.80 Å². The van der Waals surface area contributed by atoms with Crippen molar-refractivity contribution in [3.8, 4) is 0 Å². The van der Waals surface area contributed by atoms with Crippen molar-refractivity contribution in [2.45, 2.75) is 31.6 Å². The van der Waals surface area contributed by atoms with E-state index < -0.39 is 10.0 Å². The highest BCUT2D eigenvalue weighted by Crippen LogP contribution is 2.19. The van der Waals surface area contributed by atoms with Crippen LogP contribution in [-0.2, 0) is 21.2 Å². The summed E-state index contributed by atoms with van der Waals surface area (Å²) in [5, 5.41) is 0.465. The summed E-state index contributed by atoms with van der Waals surface area (Å²) in [6, 6.07) is 12.4. The van der Waals surface area contributed by atoms with E-state index >= 15 is 0 Å². The monoisotopic (exact) mass is 464 g/mol. The first kappa shape index (κ1) is 23.5. The summed E-state index contributed by atoms with van der Waals surface area (Å²) in [6.45, 7) is 7.26. The van der Waals surface area contributed by atoms with Crippen LogP contribution in [-0.4, -0.2) is 67.8 Å². The van der Waals surface area contributed by atoms with Crippen LogP contribution in [0.2, 0.25) is 5.15 Å². The smallest absolute Gasteiger partial charge is 0.243 e. The highest BCUT2D eigenvalue weighted by molar-refractivity contribution is 7.89. The number of benzene rings is 1. The van der Waals surface area contributed by atoms with Gasteiger partial charge in [0, 0.05) is 45.7 Å². The van der Waals surface area contributed by atoms with Crippen LogP contribution in [0, 0.1) is 0 Å². The fraction of sp³-hybridized carbons (Fsp3) is 0.455. The number of rotatable bonds is 8. The Kier molecular flexibility index (Phi) is 7.91. The molecule has 0 atom stereocenters. The van der Waals surface area contributed by atoms with E-state index in [1.807, 2.05) is 30.9 Å². The summed E-state index contributed by atoms with van der Waals surface area (Å²) in [4.78, 5) is 21.3. The minimum absolute atomic E-state index is 0.110. The predicted molar refractivity (Wildman–Crippen MR) is 123 cm³/mol. The normalized spacial score (nSPS) is 14.8. The molecule has 0 N–H and O–H groups in total. The summed E-state index contributed by atoms with van der Waals surface area (Å²) in [6.07, 6.45) is 0.984. The second kappa shape index (κ2) is 10.4. The van der Waals surface area contributed by atoms with Gasteiger partial charge in [-0.15, -0.1) is 0 Å². The molecule has 1 saturated heterocycles. The molecule has 3 rings (SSSR count). The van der Waals surface area contributed by atoms with Crippen molar-refractivity contribution in [1.29, 1.82) is 0 Å². The highest BCUT2D eigenvalue weighted by atomic mass is 35.5. The molecule has 7 nitrogen and oxygen atoms in total. The third kappa shape index (κ3) is 5.75. The summed E-state index contributed by atoms with van der Waals surface area (Å²) in [5.74, 6) is 0.942. The number of amides is 1. The fourth-order valence-electron chi connectivity index (χ4n) is 3.71. The molecule has 1 fully saturated rings. The van der Waals surface area contributed by atoms with Crippen LogP contribution in [0.1, 0.15) is 25.8 Å². The summed E-state index contributed by atoms with van der Waals surface area (Å²) < 4.78 is 26.6. The number of sulfonamides is 1. The van der Waals surface area contributed by atoms with Gasteiger partial charge in [-0.1, -0.05) is 43.6 Å². The molecule has 9 heteroatoms. The van der Waals surface area contributed by atoms with Gasteiger partial charge in [-0.3, -0.25) is 4.79 Å². The largest absolute Gasteiger partial charge is 0.353 e. The molecular formula is C22H29ClN4O3S. The van der Waals surface area contributed by atoms with Crippen LogP contribution >= 0.6 is 11.6 Å². The number of halogens is 1.